The van der Waals surface area contributed by atoms with E-state index in [1.807, 2.05) is 18.2 Å². The second kappa shape index (κ2) is 5.03. The molecule has 0 aromatic heterocycles. The van der Waals surface area contributed by atoms with Crippen LogP contribution in [0.15, 0.2) is 18.2 Å². The molecule has 2 aliphatic rings. The van der Waals surface area contributed by atoms with Crippen molar-refractivity contribution in [2.75, 3.05) is 37.7 Å². The molecule has 1 saturated heterocycles. The van der Waals surface area contributed by atoms with Gasteiger partial charge in [-0.25, -0.2) is 0 Å². The van der Waals surface area contributed by atoms with Gasteiger partial charge in [0.1, 0.15) is 18.7 Å². The summed E-state index contributed by atoms with van der Waals surface area (Å²) in [5.74, 6) is 1.62. The van der Waals surface area contributed by atoms with Crippen LogP contribution in [0.4, 0.5) is 5.69 Å². The van der Waals surface area contributed by atoms with Gasteiger partial charge in [-0.2, -0.15) is 4.42 Å². The van der Waals surface area contributed by atoms with Crippen LogP contribution in [0.1, 0.15) is 0 Å². The second-order valence-electron chi connectivity index (χ2n) is 4.31. The first kappa shape index (κ1) is 12.2. The van der Waals surface area contributed by atoms with Crippen molar-refractivity contribution in [3.05, 3.63) is 18.2 Å². The van der Waals surface area contributed by atoms with Crippen molar-refractivity contribution in [3.63, 3.8) is 0 Å². The molecule has 4 nitrogen and oxygen atoms in total. The van der Waals surface area contributed by atoms with Crippen molar-refractivity contribution in [2.45, 2.75) is 5.50 Å². The van der Waals surface area contributed by atoms with Crippen molar-refractivity contribution < 1.29 is 9.47 Å². The van der Waals surface area contributed by atoms with Gasteiger partial charge in [0, 0.05) is 19.6 Å². The van der Waals surface area contributed by atoms with Crippen molar-refractivity contribution in [3.8, 4) is 11.5 Å². The van der Waals surface area contributed by atoms with E-state index in [0.29, 0.717) is 19.8 Å². The second-order valence-corrected chi connectivity index (χ2v) is 5.24. The molecule has 1 fully saturated rings. The van der Waals surface area contributed by atoms with Crippen LogP contribution in [0.25, 0.3) is 0 Å². The van der Waals surface area contributed by atoms with E-state index in [2.05, 4.69) is 4.90 Å². The van der Waals surface area contributed by atoms with E-state index in [1.54, 1.807) is 4.42 Å². The van der Waals surface area contributed by atoms with E-state index in [0.717, 1.165) is 30.3 Å². The van der Waals surface area contributed by atoms with Gasteiger partial charge >= 0.3 is 0 Å². The SMILES string of the molecule is ClC1CN(c2cccc3c2OCCO3)CCN1Cl. The van der Waals surface area contributed by atoms with E-state index in [-0.39, 0.29) is 5.50 Å². The Hall–Kier alpha value is -0.840. The van der Waals surface area contributed by atoms with Crippen molar-refractivity contribution >= 4 is 29.1 Å². The maximum absolute atomic E-state index is 6.18. The largest absolute Gasteiger partial charge is 0.486 e. The molecule has 0 saturated carbocycles. The third-order valence-electron chi connectivity index (χ3n) is 3.14. The predicted molar refractivity (Wildman–Crippen MR) is 71.8 cm³/mol. The average molecular weight is 289 g/mol. The topological polar surface area (TPSA) is 24.9 Å². The van der Waals surface area contributed by atoms with Crippen LogP contribution < -0.4 is 14.4 Å². The third-order valence-corrected chi connectivity index (χ3v) is 4.02. The van der Waals surface area contributed by atoms with Gasteiger partial charge in [-0.15, -0.1) is 11.6 Å². The quantitative estimate of drug-likeness (QED) is 0.450. The van der Waals surface area contributed by atoms with Crippen LogP contribution in [0.5, 0.6) is 11.5 Å². The Kier molecular flexibility index (Phi) is 3.41. The zero-order valence-corrected chi connectivity index (χ0v) is 11.3. The zero-order chi connectivity index (χ0) is 12.5. The lowest BCUT2D eigenvalue weighted by Gasteiger charge is -2.37. The van der Waals surface area contributed by atoms with Crippen LogP contribution in [-0.4, -0.2) is 42.8 Å². The molecule has 1 atom stereocenters. The van der Waals surface area contributed by atoms with E-state index in [1.165, 1.54) is 0 Å². The summed E-state index contributed by atoms with van der Waals surface area (Å²) in [6, 6.07) is 5.92. The van der Waals surface area contributed by atoms with Gasteiger partial charge in [0.15, 0.2) is 11.5 Å². The normalized spacial score (nSPS) is 24.1. The smallest absolute Gasteiger partial charge is 0.184 e. The summed E-state index contributed by atoms with van der Waals surface area (Å²) in [5.41, 5.74) is 0.836. The van der Waals surface area contributed by atoms with Gasteiger partial charge in [0.05, 0.1) is 5.69 Å². The van der Waals surface area contributed by atoms with Gasteiger partial charge in [-0.1, -0.05) is 6.07 Å². The summed E-state index contributed by atoms with van der Waals surface area (Å²) in [6.45, 7) is 3.41. The molecule has 0 amide bonds. The highest BCUT2D eigenvalue weighted by Gasteiger charge is 2.27. The van der Waals surface area contributed by atoms with Crippen LogP contribution in [0.3, 0.4) is 0 Å². The summed E-state index contributed by atoms with van der Waals surface area (Å²) >= 11 is 12.2. The Morgan fingerprint density at radius 3 is 2.83 bits per heavy atom. The Morgan fingerprint density at radius 2 is 2.00 bits per heavy atom. The average Bonchev–Trinajstić information content (AvgIpc) is 2.41. The highest BCUT2D eigenvalue weighted by Crippen LogP contribution is 2.40. The minimum atomic E-state index is -0.194. The highest BCUT2D eigenvalue weighted by molar-refractivity contribution is 6.25. The molecule has 6 heteroatoms. The Labute approximate surface area is 116 Å². The van der Waals surface area contributed by atoms with Gasteiger partial charge in [-0.05, 0) is 23.9 Å². The van der Waals surface area contributed by atoms with E-state index >= 15 is 0 Å². The summed E-state index contributed by atoms with van der Waals surface area (Å²) < 4.78 is 12.9. The lowest BCUT2D eigenvalue weighted by molar-refractivity contribution is 0.171. The van der Waals surface area contributed by atoms with Gasteiger partial charge in [0.2, 0.25) is 0 Å². The Morgan fingerprint density at radius 1 is 1.17 bits per heavy atom. The molecule has 3 rings (SSSR count). The summed E-state index contributed by atoms with van der Waals surface area (Å²) in [4.78, 5) is 2.18. The number of ether oxygens (including phenoxy) is 2. The Bertz CT molecular complexity index is 444. The fourth-order valence-electron chi connectivity index (χ4n) is 2.24. The fourth-order valence-corrected chi connectivity index (χ4v) is 2.65. The summed E-state index contributed by atoms with van der Waals surface area (Å²) in [6.07, 6.45) is 0. The van der Waals surface area contributed by atoms with Crippen molar-refractivity contribution in [1.82, 2.24) is 4.42 Å². The minimum absolute atomic E-state index is 0.194. The number of fused-ring (bicyclic) bond motifs is 1. The first-order valence-electron chi connectivity index (χ1n) is 5.96. The number of nitrogens with zero attached hydrogens (tertiary/aromatic N) is 2. The maximum atomic E-state index is 6.18. The molecule has 98 valence electrons. The molecule has 0 bridgehead atoms. The Balaban J connectivity index is 1.88. The molecular weight excluding hydrogens is 275 g/mol. The minimum Gasteiger partial charge on any atom is -0.486 e. The highest BCUT2D eigenvalue weighted by atomic mass is 35.5. The zero-order valence-electron chi connectivity index (χ0n) is 9.81. The lowest BCUT2D eigenvalue weighted by atomic mass is 10.2. The molecule has 2 aliphatic heterocycles. The number of alkyl halides is 1. The number of benzene rings is 1. The molecule has 0 aliphatic carbocycles. The summed E-state index contributed by atoms with van der Waals surface area (Å²) in [7, 11) is 0. The summed E-state index contributed by atoms with van der Waals surface area (Å²) in [5, 5.41) is 0. The number of halogens is 2. The maximum Gasteiger partial charge on any atom is 0.184 e. The molecular formula is C12H14Cl2N2O2. The lowest BCUT2D eigenvalue weighted by Crippen LogP contribution is -2.47. The number of anilines is 1. The predicted octanol–water partition coefficient (Wildman–Crippen LogP) is 2.30. The molecule has 2 heterocycles. The van der Waals surface area contributed by atoms with Crippen LogP contribution in [0, 0.1) is 0 Å². The molecule has 1 aromatic carbocycles. The third kappa shape index (κ3) is 2.20. The monoisotopic (exact) mass is 288 g/mol. The molecule has 1 aromatic rings. The van der Waals surface area contributed by atoms with Crippen LogP contribution in [-0.2, 0) is 0 Å². The number of piperazine rings is 1. The standard InChI is InChI=1S/C12H14Cl2N2O2/c13-11-8-15(4-5-16(11)14)9-2-1-3-10-12(9)18-7-6-17-10/h1-3,11H,4-8H2. The molecule has 18 heavy (non-hydrogen) atoms. The number of rotatable bonds is 1. The van der Waals surface area contributed by atoms with Gasteiger partial charge in [0.25, 0.3) is 0 Å². The van der Waals surface area contributed by atoms with Crippen molar-refractivity contribution in [2.24, 2.45) is 0 Å². The number of para-hydroxylation sites is 1. The number of hydrogen-bond donors (Lipinski definition) is 0. The molecule has 0 N–H and O–H groups in total. The fraction of sp³-hybridized carbons (Fsp3) is 0.500. The van der Waals surface area contributed by atoms with E-state index < -0.39 is 0 Å². The first-order valence-corrected chi connectivity index (χ1v) is 6.73. The number of hydrogen-bond acceptors (Lipinski definition) is 4. The van der Waals surface area contributed by atoms with Gasteiger partial charge < -0.3 is 14.4 Å². The first-order chi connectivity index (χ1) is 8.75. The van der Waals surface area contributed by atoms with E-state index in [4.69, 9.17) is 32.9 Å². The molecule has 0 radical (unpaired) electrons. The molecule has 0 spiro atoms. The van der Waals surface area contributed by atoms with Gasteiger partial charge in [-0.3, -0.25) is 0 Å². The van der Waals surface area contributed by atoms with Crippen molar-refractivity contribution in [1.29, 1.82) is 0 Å². The van der Waals surface area contributed by atoms with E-state index in [9.17, 15) is 0 Å². The molecule has 1 unspecified atom stereocenters. The van der Waals surface area contributed by atoms with Crippen LogP contribution in [0.2, 0.25) is 0 Å². The van der Waals surface area contributed by atoms with Crippen LogP contribution >= 0.6 is 23.4 Å².